The van der Waals surface area contributed by atoms with Crippen LogP contribution in [-0.4, -0.2) is 35.6 Å². The smallest absolute Gasteiger partial charge is 0.317 e. The van der Waals surface area contributed by atoms with Crippen molar-refractivity contribution in [2.45, 2.75) is 52.9 Å². The highest BCUT2D eigenvalue weighted by Gasteiger charge is 2.10. The fraction of sp³-hybridized carbons (Fsp3) is 0.923. The van der Waals surface area contributed by atoms with Crippen molar-refractivity contribution < 1.29 is 9.90 Å². The van der Waals surface area contributed by atoms with Gasteiger partial charge in [0.15, 0.2) is 0 Å². The molecular weight excluding hydrogens is 202 g/mol. The maximum Gasteiger partial charge on any atom is 0.317 e. The standard InChI is InChI=1S/C13H27NO2/c1-4-5-6-7-8-9-14(10-12(2)3)11-13(15)16/h12H,4-11H2,1-3H3,(H,15,16). The van der Waals surface area contributed by atoms with Gasteiger partial charge in [-0.1, -0.05) is 46.5 Å². The third-order valence-corrected chi connectivity index (χ3v) is 2.56. The van der Waals surface area contributed by atoms with Crippen LogP contribution in [0.25, 0.3) is 0 Å². The van der Waals surface area contributed by atoms with E-state index in [-0.39, 0.29) is 6.54 Å². The molecule has 0 fully saturated rings. The number of nitrogens with zero attached hydrogens (tertiary/aromatic N) is 1. The summed E-state index contributed by atoms with van der Waals surface area (Å²) in [5, 5.41) is 8.80. The SMILES string of the molecule is CCCCCCCN(CC(=O)O)CC(C)C. The molecular formula is C13H27NO2. The second-order valence-corrected chi connectivity index (χ2v) is 4.94. The molecule has 0 heterocycles. The predicted octanol–water partition coefficient (Wildman–Crippen LogP) is 3.00. The molecule has 0 aliphatic heterocycles. The molecule has 0 rings (SSSR count). The lowest BCUT2D eigenvalue weighted by Gasteiger charge is -2.22. The molecule has 0 aliphatic rings. The van der Waals surface area contributed by atoms with Crippen molar-refractivity contribution in [3.63, 3.8) is 0 Å². The molecule has 0 radical (unpaired) electrons. The van der Waals surface area contributed by atoms with Gasteiger partial charge in [-0.2, -0.15) is 0 Å². The Kier molecular flexibility index (Phi) is 9.30. The van der Waals surface area contributed by atoms with Crippen LogP contribution >= 0.6 is 0 Å². The minimum atomic E-state index is -0.714. The molecule has 96 valence electrons. The molecule has 3 heteroatoms. The van der Waals surface area contributed by atoms with E-state index in [1.165, 1.54) is 25.7 Å². The molecule has 0 aromatic rings. The van der Waals surface area contributed by atoms with Gasteiger partial charge < -0.3 is 5.11 Å². The summed E-state index contributed by atoms with van der Waals surface area (Å²) < 4.78 is 0. The number of aliphatic carboxylic acids is 1. The zero-order valence-corrected chi connectivity index (χ0v) is 11.0. The Morgan fingerprint density at radius 1 is 1.19 bits per heavy atom. The van der Waals surface area contributed by atoms with Crippen LogP contribution in [0.5, 0.6) is 0 Å². The lowest BCUT2D eigenvalue weighted by Crippen LogP contribution is -2.33. The van der Waals surface area contributed by atoms with Crippen LogP contribution in [0.1, 0.15) is 52.9 Å². The Balaban J connectivity index is 3.69. The second-order valence-electron chi connectivity index (χ2n) is 4.94. The van der Waals surface area contributed by atoms with Crippen LogP contribution in [0.4, 0.5) is 0 Å². The lowest BCUT2D eigenvalue weighted by molar-refractivity contribution is -0.138. The van der Waals surface area contributed by atoms with Gasteiger partial charge in [-0.25, -0.2) is 0 Å². The fourth-order valence-corrected chi connectivity index (χ4v) is 1.88. The number of unbranched alkanes of at least 4 members (excludes halogenated alkanes) is 4. The van der Waals surface area contributed by atoms with Crippen molar-refractivity contribution in [3.05, 3.63) is 0 Å². The van der Waals surface area contributed by atoms with Crippen LogP contribution < -0.4 is 0 Å². The van der Waals surface area contributed by atoms with Gasteiger partial charge in [0.2, 0.25) is 0 Å². The number of hydrogen-bond donors (Lipinski definition) is 1. The number of carboxylic acids is 1. The maximum absolute atomic E-state index is 10.7. The minimum Gasteiger partial charge on any atom is -0.480 e. The summed E-state index contributed by atoms with van der Waals surface area (Å²) in [6, 6.07) is 0. The molecule has 0 bridgehead atoms. The minimum absolute atomic E-state index is 0.186. The van der Waals surface area contributed by atoms with Crippen LogP contribution in [0.15, 0.2) is 0 Å². The Labute approximate surface area is 99.8 Å². The summed E-state index contributed by atoms with van der Waals surface area (Å²) in [7, 11) is 0. The largest absolute Gasteiger partial charge is 0.480 e. The summed E-state index contributed by atoms with van der Waals surface area (Å²) in [6.45, 7) is 8.47. The molecule has 0 amide bonds. The number of hydrogen-bond acceptors (Lipinski definition) is 2. The average molecular weight is 229 g/mol. The highest BCUT2D eigenvalue weighted by Crippen LogP contribution is 2.05. The molecule has 0 atom stereocenters. The first-order valence-electron chi connectivity index (χ1n) is 6.50. The van der Waals surface area contributed by atoms with Gasteiger partial charge in [0, 0.05) is 6.54 Å². The van der Waals surface area contributed by atoms with Gasteiger partial charge in [0.1, 0.15) is 0 Å². The molecule has 0 spiro atoms. The number of carboxylic acid groups (broad SMARTS) is 1. The normalized spacial score (nSPS) is 11.3. The topological polar surface area (TPSA) is 40.5 Å². The van der Waals surface area contributed by atoms with E-state index in [0.29, 0.717) is 5.92 Å². The van der Waals surface area contributed by atoms with E-state index >= 15 is 0 Å². The van der Waals surface area contributed by atoms with Crippen molar-refractivity contribution in [3.8, 4) is 0 Å². The van der Waals surface area contributed by atoms with Crippen molar-refractivity contribution in [1.29, 1.82) is 0 Å². The van der Waals surface area contributed by atoms with Crippen LogP contribution in [0.2, 0.25) is 0 Å². The third-order valence-electron chi connectivity index (χ3n) is 2.56. The molecule has 0 saturated carbocycles. The first-order valence-corrected chi connectivity index (χ1v) is 6.50. The summed E-state index contributed by atoms with van der Waals surface area (Å²) in [4.78, 5) is 12.7. The molecule has 0 unspecified atom stereocenters. The number of rotatable bonds is 10. The van der Waals surface area contributed by atoms with Crippen molar-refractivity contribution in [2.24, 2.45) is 5.92 Å². The van der Waals surface area contributed by atoms with Gasteiger partial charge in [0.25, 0.3) is 0 Å². The highest BCUT2D eigenvalue weighted by molar-refractivity contribution is 5.69. The molecule has 16 heavy (non-hydrogen) atoms. The first-order chi connectivity index (χ1) is 7.56. The van der Waals surface area contributed by atoms with Crippen LogP contribution in [0, 0.1) is 5.92 Å². The van der Waals surface area contributed by atoms with E-state index in [0.717, 1.165) is 19.5 Å². The molecule has 0 aromatic carbocycles. The van der Waals surface area contributed by atoms with Gasteiger partial charge in [-0.05, 0) is 18.9 Å². The van der Waals surface area contributed by atoms with E-state index in [1.54, 1.807) is 0 Å². The Morgan fingerprint density at radius 3 is 2.31 bits per heavy atom. The fourth-order valence-electron chi connectivity index (χ4n) is 1.88. The molecule has 1 N–H and O–H groups in total. The van der Waals surface area contributed by atoms with Gasteiger partial charge in [-0.3, -0.25) is 9.69 Å². The second kappa shape index (κ2) is 9.64. The average Bonchev–Trinajstić information content (AvgIpc) is 2.15. The van der Waals surface area contributed by atoms with Gasteiger partial charge in [-0.15, -0.1) is 0 Å². The van der Waals surface area contributed by atoms with E-state index in [1.807, 2.05) is 0 Å². The first kappa shape index (κ1) is 15.4. The summed E-state index contributed by atoms with van der Waals surface area (Å²) in [5.74, 6) is -0.177. The molecule has 0 saturated heterocycles. The summed E-state index contributed by atoms with van der Waals surface area (Å²) in [5.41, 5.74) is 0. The molecule has 0 aliphatic carbocycles. The van der Waals surface area contributed by atoms with E-state index < -0.39 is 5.97 Å². The van der Waals surface area contributed by atoms with Crippen molar-refractivity contribution in [2.75, 3.05) is 19.6 Å². The zero-order chi connectivity index (χ0) is 12.4. The van der Waals surface area contributed by atoms with Gasteiger partial charge in [0.05, 0.1) is 6.54 Å². The monoisotopic (exact) mass is 229 g/mol. The van der Waals surface area contributed by atoms with Gasteiger partial charge >= 0.3 is 5.97 Å². The van der Waals surface area contributed by atoms with E-state index in [2.05, 4.69) is 25.7 Å². The Morgan fingerprint density at radius 2 is 1.81 bits per heavy atom. The lowest BCUT2D eigenvalue weighted by atomic mass is 10.1. The van der Waals surface area contributed by atoms with E-state index in [4.69, 9.17) is 5.11 Å². The van der Waals surface area contributed by atoms with Crippen molar-refractivity contribution in [1.82, 2.24) is 4.90 Å². The summed E-state index contributed by atoms with van der Waals surface area (Å²) >= 11 is 0. The quantitative estimate of drug-likeness (QED) is 0.585. The molecule has 0 aromatic heterocycles. The van der Waals surface area contributed by atoms with Crippen LogP contribution in [0.3, 0.4) is 0 Å². The van der Waals surface area contributed by atoms with Crippen LogP contribution in [-0.2, 0) is 4.79 Å². The summed E-state index contributed by atoms with van der Waals surface area (Å²) in [6.07, 6.45) is 6.18. The third kappa shape index (κ3) is 9.97. The molecule has 3 nitrogen and oxygen atoms in total. The Bertz CT molecular complexity index is 181. The maximum atomic E-state index is 10.7. The number of carbonyl (C=O) groups is 1. The van der Waals surface area contributed by atoms with E-state index in [9.17, 15) is 4.79 Å². The zero-order valence-electron chi connectivity index (χ0n) is 11.0. The van der Waals surface area contributed by atoms with Crippen molar-refractivity contribution >= 4 is 5.97 Å². The highest BCUT2D eigenvalue weighted by atomic mass is 16.4. The Hall–Kier alpha value is -0.570. The predicted molar refractivity (Wildman–Crippen MR) is 67.7 cm³/mol.